The molecule has 2 aliphatic heterocycles. The number of carbonyl (C=O) groups excluding carboxylic acids is 1. The molecule has 2 unspecified atom stereocenters. The molecule has 1 aromatic rings. The van der Waals surface area contributed by atoms with Crippen LogP contribution in [0.3, 0.4) is 0 Å². The molecule has 0 saturated carbocycles. The molecule has 2 aliphatic rings. The first kappa shape index (κ1) is 16.3. The van der Waals surface area contributed by atoms with Crippen molar-refractivity contribution in [2.24, 2.45) is 0 Å². The van der Waals surface area contributed by atoms with Crippen LogP contribution in [0.1, 0.15) is 43.2 Å². The van der Waals surface area contributed by atoms with E-state index in [1.165, 1.54) is 16.8 Å². The Hall–Kier alpha value is -1.06. The molecule has 21 heavy (non-hydrogen) atoms. The second-order valence-electron chi connectivity index (χ2n) is 6.30. The largest absolute Gasteiger partial charge is 0.308 e. The number of benzene rings is 1. The predicted molar refractivity (Wildman–Crippen MR) is 89.5 cm³/mol. The Labute approximate surface area is 133 Å². The molecule has 1 aromatic carbocycles. The third-order valence-corrected chi connectivity index (χ3v) is 4.69. The Morgan fingerprint density at radius 3 is 2.86 bits per heavy atom. The van der Waals surface area contributed by atoms with Crippen LogP contribution in [0.15, 0.2) is 18.2 Å². The maximum atomic E-state index is 12.5. The van der Waals surface area contributed by atoms with E-state index >= 15 is 0 Å². The molecule has 3 rings (SSSR count). The van der Waals surface area contributed by atoms with Gasteiger partial charge in [-0.2, -0.15) is 0 Å². The Morgan fingerprint density at radius 2 is 2.14 bits per heavy atom. The van der Waals surface area contributed by atoms with E-state index in [4.69, 9.17) is 0 Å². The van der Waals surface area contributed by atoms with Gasteiger partial charge in [0.05, 0.1) is 0 Å². The van der Waals surface area contributed by atoms with Gasteiger partial charge < -0.3 is 9.80 Å². The number of hydrogen-bond donors (Lipinski definition) is 0. The number of fused-ring (bicyclic) bond motifs is 3. The lowest BCUT2D eigenvalue weighted by atomic mass is 9.89. The fourth-order valence-electron chi connectivity index (χ4n) is 3.74. The van der Waals surface area contributed by atoms with Crippen LogP contribution < -0.4 is 4.90 Å². The smallest absolute Gasteiger partial charge is 0.227 e. The van der Waals surface area contributed by atoms with E-state index in [1.54, 1.807) is 0 Å². The predicted octanol–water partition coefficient (Wildman–Crippen LogP) is 3.35. The molecule has 0 bridgehead atoms. The number of halogens is 1. The van der Waals surface area contributed by atoms with E-state index < -0.39 is 0 Å². The average molecular weight is 309 g/mol. The van der Waals surface area contributed by atoms with Crippen molar-refractivity contribution in [2.75, 3.05) is 25.0 Å². The minimum Gasteiger partial charge on any atom is -0.308 e. The van der Waals surface area contributed by atoms with E-state index in [9.17, 15) is 4.79 Å². The van der Waals surface area contributed by atoms with Gasteiger partial charge in [0.25, 0.3) is 0 Å². The van der Waals surface area contributed by atoms with Gasteiger partial charge in [-0.15, -0.1) is 12.4 Å². The summed E-state index contributed by atoms with van der Waals surface area (Å²) in [5, 5.41) is 0. The molecule has 1 amide bonds. The molecule has 0 aromatic heterocycles. The molecule has 0 N–H and O–H groups in total. The van der Waals surface area contributed by atoms with Crippen molar-refractivity contribution >= 4 is 24.0 Å². The summed E-state index contributed by atoms with van der Waals surface area (Å²) < 4.78 is 0. The van der Waals surface area contributed by atoms with Gasteiger partial charge in [0.15, 0.2) is 0 Å². The molecule has 2 heterocycles. The fourth-order valence-corrected chi connectivity index (χ4v) is 3.74. The first-order valence-electron chi connectivity index (χ1n) is 7.73. The normalized spacial score (nSPS) is 24.2. The van der Waals surface area contributed by atoms with Crippen LogP contribution in [0, 0.1) is 6.92 Å². The van der Waals surface area contributed by atoms with Crippen molar-refractivity contribution in [1.29, 1.82) is 0 Å². The van der Waals surface area contributed by atoms with E-state index in [-0.39, 0.29) is 12.4 Å². The first-order chi connectivity index (χ1) is 9.61. The van der Waals surface area contributed by atoms with Gasteiger partial charge in [0.2, 0.25) is 5.91 Å². The highest BCUT2D eigenvalue weighted by Crippen LogP contribution is 2.45. The molecule has 3 nitrogen and oxygen atoms in total. The second kappa shape index (κ2) is 6.37. The molecule has 0 spiro atoms. The van der Waals surface area contributed by atoms with Crippen molar-refractivity contribution < 1.29 is 4.79 Å². The third-order valence-electron chi connectivity index (χ3n) is 4.69. The number of aryl methyl sites for hydroxylation is 1. The van der Waals surface area contributed by atoms with Crippen LogP contribution in [0.5, 0.6) is 0 Å². The Balaban J connectivity index is 0.00000161. The highest BCUT2D eigenvalue weighted by Gasteiger charge is 2.43. The number of likely N-dealkylation sites (tertiary alicyclic amines) is 1. The number of rotatable bonds is 2. The molecule has 2 atom stereocenters. The molecule has 1 fully saturated rings. The van der Waals surface area contributed by atoms with E-state index in [2.05, 4.69) is 48.9 Å². The lowest BCUT2D eigenvalue weighted by Gasteiger charge is -2.36. The number of carbonyl (C=O) groups is 1. The maximum absolute atomic E-state index is 12.5. The number of anilines is 1. The van der Waals surface area contributed by atoms with Crippen LogP contribution in [0.2, 0.25) is 0 Å². The zero-order chi connectivity index (χ0) is 14.3. The van der Waals surface area contributed by atoms with Gasteiger partial charge in [-0.3, -0.25) is 4.79 Å². The standard InChI is InChI=1S/C17H24N2O.ClH/c1-4-5-17(20)19-15-7-6-12(2)10-13(15)14-11-18(3)9-8-16(14)19;/h6-7,10,14,16H,4-5,8-9,11H2,1-3H3;1H. The van der Waals surface area contributed by atoms with Crippen LogP contribution in [0.25, 0.3) is 0 Å². The van der Waals surface area contributed by atoms with Crippen molar-refractivity contribution in [2.45, 2.75) is 45.1 Å². The third kappa shape index (κ3) is 2.82. The van der Waals surface area contributed by atoms with Crippen molar-refractivity contribution in [1.82, 2.24) is 4.90 Å². The Bertz CT molecular complexity index is 532. The van der Waals surface area contributed by atoms with Crippen molar-refractivity contribution in [3.05, 3.63) is 29.3 Å². The number of likely N-dealkylation sites (N-methyl/N-ethyl adjacent to an activating group) is 1. The highest BCUT2D eigenvalue weighted by atomic mass is 35.5. The minimum atomic E-state index is 0. The molecular formula is C17H25ClN2O. The summed E-state index contributed by atoms with van der Waals surface area (Å²) >= 11 is 0. The molecule has 1 saturated heterocycles. The van der Waals surface area contributed by atoms with Crippen LogP contribution in [-0.4, -0.2) is 37.0 Å². The minimum absolute atomic E-state index is 0. The highest BCUT2D eigenvalue weighted by molar-refractivity contribution is 5.96. The SMILES string of the molecule is CCCC(=O)N1c2ccc(C)cc2C2CN(C)CCC21.Cl. The monoisotopic (exact) mass is 308 g/mol. The molecular weight excluding hydrogens is 284 g/mol. The summed E-state index contributed by atoms with van der Waals surface area (Å²) in [6.07, 6.45) is 2.67. The zero-order valence-electron chi connectivity index (χ0n) is 13.1. The van der Waals surface area contributed by atoms with Gasteiger partial charge in [-0.1, -0.05) is 24.6 Å². The number of hydrogen-bond acceptors (Lipinski definition) is 2. The molecule has 116 valence electrons. The van der Waals surface area contributed by atoms with Crippen molar-refractivity contribution in [3.63, 3.8) is 0 Å². The van der Waals surface area contributed by atoms with E-state index in [0.717, 1.165) is 25.9 Å². The summed E-state index contributed by atoms with van der Waals surface area (Å²) in [6.45, 7) is 6.37. The lowest BCUT2D eigenvalue weighted by molar-refractivity contribution is -0.119. The topological polar surface area (TPSA) is 23.6 Å². The summed E-state index contributed by atoms with van der Waals surface area (Å²) in [5.41, 5.74) is 3.84. The van der Waals surface area contributed by atoms with Gasteiger partial charge in [0.1, 0.15) is 0 Å². The Kier molecular flexibility index (Phi) is 4.95. The first-order valence-corrected chi connectivity index (χ1v) is 7.73. The van der Waals surface area contributed by atoms with E-state index in [1.807, 2.05) is 0 Å². The molecule has 0 aliphatic carbocycles. The zero-order valence-corrected chi connectivity index (χ0v) is 13.9. The van der Waals surface area contributed by atoms with Crippen LogP contribution in [0.4, 0.5) is 5.69 Å². The Morgan fingerprint density at radius 1 is 1.38 bits per heavy atom. The summed E-state index contributed by atoms with van der Waals surface area (Å²) in [4.78, 5) is 17.0. The maximum Gasteiger partial charge on any atom is 0.227 e. The molecule has 4 heteroatoms. The van der Waals surface area contributed by atoms with Crippen molar-refractivity contribution in [3.8, 4) is 0 Å². The van der Waals surface area contributed by atoms with Gasteiger partial charge in [-0.25, -0.2) is 0 Å². The number of nitrogens with zero attached hydrogens (tertiary/aromatic N) is 2. The van der Waals surface area contributed by atoms with E-state index in [0.29, 0.717) is 24.3 Å². The fraction of sp³-hybridized carbons (Fsp3) is 0.588. The summed E-state index contributed by atoms with van der Waals surface area (Å²) in [5.74, 6) is 0.791. The average Bonchev–Trinajstić information content (AvgIpc) is 2.72. The van der Waals surface area contributed by atoms with Crippen LogP contribution >= 0.6 is 12.4 Å². The van der Waals surface area contributed by atoms with Crippen LogP contribution in [-0.2, 0) is 4.79 Å². The van der Waals surface area contributed by atoms with Gasteiger partial charge in [0, 0.05) is 30.6 Å². The summed E-state index contributed by atoms with van der Waals surface area (Å²) in [6, 6.07) is 6.94. The second-order valence-corrected chi connectivity index (χ2v) is 6.30. The number of amides is 1. The lowest BCUT2D eigenvalue weighted by Crippen LogP contribution is -2.47. The van der Waals surface area contributed by atoms with Gasteiger partial charge >= 0.3 is 0 Å². The number of piperidine rings is 1. The molecule has 0 radical (unpaired) electrons. The quantitative estimate of drug-likeness (QED) is 0.836. The summed E-state index contributed by atoms with van der Waals surface area (Å²) in [7, 11) is 2.18. The van der Waals surface area contributed by atoms with Gasteiger partial charge in [-0.05, 0) is 45.0 Å².